The summed E-state index contributed by atoms with van der Waals surface area (Å²) < 4.78 is 0. The van der Waals surface area contributed by atoms with E-state index < -0.39 is 0 Å². The number of nitrogens with two attached hydrogens (primary N) is 1. The van der Waals surface area contributed by atoms with Crippen LogP contribution in [0.3, 0.4) is 0 Å². The first kappa shape index (κ1) is 14.8. The zero-order chi connectivity index (χ0) is 13.7. The highest BCUT2D eigenvalue weighted by atomic mass is 16.2. The fraction of sp³-hybridized carbons (Fsp3) is 0.933. The summed E-state index contributed by atoms with van der Waals surface area (Å²) in [7, 11) is 0. The van der Waals surface area contributed by atoms with E-state index in [0.29, 0.717) is 11.8 Å². The molecule has 2 fully saturated rings. The lowest BCUT2D eigenvalue weighted by molar-refractivity contribution is -0.137. The fourth-order valence-electron chi connectivity index (χ4n) is 2.93. The summed E-state index contributed by atoms with van der Waals surface area (Å²) in [6.45, 7) is 8.03. The minimum absolute atomic E-state index is 0.260. The number of hydrogen-bond donors (Lipinski definition) is 1. The Labute approximate surface area is 117 Å². The Morgan fingerprint density at radius 1 is 1.16 bits per heavy atom. The van der Waals surface area contributed by atoms with Gasteiger partial charge in [-0.25, -0.2) is 0 Å². The van der Waals surface area contributed by atoms with E-state index in [4.69, 9.17) is 5.73 Å². The highest BCUT2D eigenvalue weighted by molar-refractivity contribution is 5.79. The molecule has 4 heteroatoms. The number of unbranched alkanes of at least 4 members (excludes halogenated alkanes) is 2. The Morgan fingerprint density at radius 2 is 1.84 bits per heavy atom. The van der Waals surface area contributed by atoms with Gasteiger partial charge in [-0.3, -0.25) is 9.69 Å². The maximum Gasteiger partial charge on any atom is 0.225 e. The molecule has 0 aromatic rings. The van der Waals surface area contributed by atoms with E-state index in [2.05, 4.69) is 16.7 Å². The van der Waals surface area contributed by atoms with Crippen LogP contribution in [0.4, 0.5) is 0 Å². The Bertz CT molecular complexity index is 283. The maximum atomic E-state index is 12.3. The number of amides is 1. The van der Waals surface area contributed by atoms with Gasteiger partial charge in [0.25, 0.3) is 0 Å². The third kappa shape index (κ3) is 4.46. The van der Waals surface area contributed by atoms with Crippen molar-refractivity contribution < 1.29 is 4.79 Å². The first-order valence-corrected chi connectivity index (χ1v) is 7.93. The summed E-state index contributed by atoms with van der Waals surface area (Å²) >= 11 is 0. The number of carbonyl (C=O) groups is 1. The topological polar surface area (TPSA) is 49.6 Å². The van der Waals surface area contributed by atoms with Crippen molar-refractivity contribution in [1.29, 1.82) is 0 Å². The predicted molar refractivity (Wildman–Crippen MR) is 77.8 cm³/mol. The van der Waals surface area contributed by atoms with Gasteiger partial charge in [-0.2, -0.15) is 0 Å². The number of nitrogens with zero attached hydrogens (tertiary/aromatic N) is 2. The van der Waals surface area contributed by atoms with Gasteiger partial charge in [0, 0.05) is 32.1 Å². The van der Waals surface area contributed by atoms with Crippen molar-refractivity contribution in [3.05, 3.63) is 0 Å². The molecule has 0 bridgehead atoms. The summed E-state index contributed by atoms with van der Waals surface area (Å²) in [5.41, 5.74) is 5.50. The lowest BCUT2D eigenvalue weighted by atomic mass is 10.0. The maximum absolute atomic E-state index is 12.3. The van der Waals surface area contributed by atoms with Gasteiger partial charge < -0.3 is 10.6 Å². The van der Waals surface area contributed by atoms with Crippen LogP contribution in [0, 0.1) is 11.8 Å². The van der Waals surface area contributed by atoms with Gasteiger partial charge in [-0.1, -0.05) is 13.3 Å². The van der Waals surface area contributed by atoms with Gasteiger partial charge in [0.2, 0.25) is 5.91 Å². The smallest absolute Gasteiger partial charge is 0.225 e. The fourth-order valence-corrected chi connectivity index (χ4v) is 2.93. The van der Waals surface area contributed by atoms with Crippen LogP contribution < -0.4 is 5.73 Å². The van der Waals surface area contributed by atoms with Crippen molar-refractivity contribution in [2.75, 3.05) is 39.3 Å². The summed E-state index contributed by atoms with van der Waals surface area (Å²) in [6, 6.07) is 0. The van der Waals surface area contributed by atoms with Gasteiger partial charge in [0.15, 0.2) is 0 Å². The van der Waals surface area contributed by atoms with Crippen molar-refractivity contribution in [1.82, 2.24) is 9.80 Å². The van der Waals surface area contributed by atoms with Crippen LogP contribution in [0.15, 0.2) is 0 Å². The molecule has 1 atom stereocenters. The van der Waals surface area contributed by atoms with Crippen LogP contribution in [0.1, 0.15) is 39.0 Å². The van der Waals surface area contributed by atoms with Crippen molar-refractivity contribution >= 4 is 5.91 Å². The minimum Gasteiger partial charge on any atom is -0.340 e. The van der Waals surface area contributed by atoms with Crippen molar-refractivity contribution in [2.24, 2.45) is 17.6 Å². The van der Waals surface area contributed by atoms with Gasteiger partial charge in [-0.15, -0.1) is 0 Å². The molecule has 1 amide bonds. The molecule has 2 rings (SSSR count). The first-order valence-electron chi connectivity index (χ1n) is 7.93. The highest BCUT2D eigenvalue weighted by Gasteiger charge is 2.35. The van der Waals surface area contributed by atoms with Gasteiger partial charge >= 0.3 is 0 Å². The number of hydrogen-bond acceptors (Lipinski definition) is 3. The second-order valence-corrected chi connectivity index (χ2v) is 6.14. The molecular weight excluding hydrogens is 238 g/mol. The zero-order valence-corrected chi connectivity index (χ0v) is 12.3. The Hall–Kier alpha value is -0.610. The van der Waals surface area contributed by atoms with Gasteiger partial charge in [0.1, 0.15) is 0 Å². The minimum atomic E-state index is 0.260. The van der Waals surface area contributed by atoms with E-state index >= 15 is 0 Å². The average molecular weight is 267 g/mol. The number of rotatable bonds is 7. The van der Waals surface area contributed by atoms with Crippen molar-refractivity contribution in [3.8, 4) is 0 Å². The zero-order valence-electron chi connectivity index (χ0n) is 12.3. The molecule has 19 heavy (non-hydrogen) atoms. The van der Waals surface area contributed by atoms with E-state index in [0.717, 1.165) is 39.1 Å². The van der Waals surface area contributed by atoms with E-state index in [-0.39, 0.29) is 5.92 Å². The average Bonchev–Trinajstić information content (AvgIpc) is 3.27. The molecule has 1 saturated heterocycles. The number of piperazine rings is 1. The molecule has 1 heterocycles. The molecular formula is C15H29N3O. The van der Waals surface area contributed by atoms with Crippen LogP contribution in [-0.4, -0.2) is 55.0 Å². The van der Waals surface area contributed by atoms with E-state index in [1.807, 2.05) is 0 Å². The molecule has 0 aromatic carbocycles. The first-order chi connectivity index (χ1) is 9.22. The molecule has 0 spiro atoms. The highest BCUT2D eigenvalue weighted by Crippen LogP contribution is 2.37. The lowest BCUT2D eigenvalue weighted by Gasteiger charge is -2.36. The molecule has 1 aliphatic carbocycles. The SMILES string of the molecule is CC(C(=O)N1CCN(CCCCCN)CC1)C1CC1. The van der Waals surface area contributed by atoms with E-state index in [1.165, 1.54) is 32.2 Å². The summed E-state index contributed by atoms with van der Waals surface area (Å²) in [5, 5.41) is 0. The molecule has 0 aromatic heterocycles. The van der Waals surface area contributed by atoms with E-state index in [9.17, 15) is 4.79 Å². The number of carbonyl (C=O) groups excluding carboxylic acids is 1. The second-order valence-electron chi connectivity index (χ2n) is 6.14. The normalized spacial score (nSPS) is 22.5. The third-order valence-electron chi connectivity index (χ3n) is 4.58. The van der Waals surface area contributed by atoms with Gasteiger partial charge in [-0.05, 0) is 44.7 Å². The standard InChI is InChI=1S/C15H29N3O/c1-13(14-5-6-14)15(19)18-11-9-17(10-12-18)8-4-2-3-7-16/h13-14H,2-12,16H2,1H3. The molecule has 1 saturated carbocycles. The van der Waals surface area contributed by atoms with Crippen molar-refractivity contribution in [2.45, 2.75) is 39.0 Å². The monoisotopic (exact) mass is 267 g/mol. The lowest BCUT2D eigenvalue weighted by Crippen LogP contribution is -2.50. The van der Waals surface area contributed by atoms with Crippen LogP contribution >= 0.6 is 0 Å². The van der Waals surface area contributed by atoms with Gasteiger partial charge in [0.05, 0.1) is 0 Å². The van der Waals surface area contributed by atoms with Crippen molar-refractivity contribution in [3.63, 3.8) is 0 Å². The molecule has 110 valence electrons. The second kappa shape index (κ2) is 7.25. The molecule has 1 aliphatic heterocycles. The van der Waals surface area contributed by atoms with Crippen LogP contribution in [-0.2, 0) is 4.79 Å². The molecule has 0 radical (unpaired) electrons. The Morgan fingerprint density at radius 3 is 2.42 bits per heavy atom. The summed E-state index contributed by atoms with van der Waals surface area (Å²) in [5.74, 6) is 1.34. The molecule has 4 nitrogen and oxygen atoms in total. The van der Waals surface area contributed by atoms with Crippen LogP contribution in [0.25, 0.3) is 0 Å². The van der Waals surface area contributed by atoms with E-state index in [1.54, 1.807) is 0 Å². The Balaban J connectivity index is 1.63. The van der Waals surface area contributed by atoms with Crippen LogP contribution in [0.2, 0.25) is 0 Å². The predicted octanol–water partition coefficient (Wildman–Crippen LogP) is 1.31. The van der Waals surface area contributed by atoms with Crippen LogP contribution in [0.5, 0.6) is 0 Å². The molecule has 1 unspecified atom stereocenters. The third-order valence-corrected chi connectivity index (χ3v) is 4.58. The quantitative estimate of drug-likeness (QED) is 0.708. The molecule has 2 aliphatic rings. The summed E-state index contributed by atoms with van der Waals surface area (Å²) in [6.07, 6.45) is 6.12. The Kier molecular flexibility index (Phi) is 5.64. The largest absolute Gasteiger partial charge is 0.340 e. The summed E-state index contributed by atoms with van der Waals surface area (Å²) in [4.78, 5) is 16.8. The molecule has 2 N–H and O–H groups in total.